The number of aliphatic carboxylic acids is 4. The van der Waals surface area contributed by atoms with Crippen LogP contribution in [0.3, 0.4) is 0 Å². The van der Waals surface area contributed by atoms with Crippen molar-refractivity contribution in [1.29, 1.82) is 0 Å². The number of rotatable bonds is 58. The molecule has 0 heterocycles. The number of phosphoric acid groups is 1. The molecule has 0 spiro atoms. The van der Waals surface area contributed by atoms with Crippen molar-refractivity contribution in [3.63, 3.8) is 0 Å². The molecule has 23 nitrogen and oxygen atoms in total. The van der Waals surface area contributed by atoms with Crippen LogP contribution in [0.25, 0.3) is 0 Å². The molecular weight excluding hydrogens is 1200 g/mol. The minimum Gasteiger partial charge on any atom is -0.756 e. The summed E-state index contributed by atoms with van der Waals surface area (Å²) in [5, 5.41) is 47.2. The van der Waals surface area contributed by atoms with Crippen molar-refractivity contribution in [3.05, 3.63) is 0 Å². The zero-order chi connectivity index (χ0) is 57.2. The maximum absolute atomic E-state index is 12.9. The third-order valence-corrected chi connectivity index (χ3v) is 14.0. The summed E-state index contributed by atoms with van der Waals surface area (Å²) in [6.45, 7) is -2.13. The van der Waals surface area contributed by atoms with Gasteiger partial charge in [0, 0.05) is 71.7 Å². The van der Waals surface area contributed by atoms with E-state index < -0.39 is 108 Å². The van der Waals surface area contributed by atoms with Crippen molar-refractivity contribution in [2.45, 2.75) is 225 Å². The zero-order valence-corrected chi connectivity index (χ0v) is 52.6. The smallest absolute Gasteiger partial charge is 0.756 e. The van der Waals surface area contributed by atoms with Crippen molar-refractivity contribution in [2.24, 2.45) is 0 Å². The average molecular weight is 1310 g/mol. The summed E-state index contributed by atoms with van der Waals surface area (Å²) in [4.78, 5) is 99.2. The molecule has 25 heteroatoms. The van der Waals surface area contributed by atoms with E-state index in [4.69, 9.17) is 18.5 Å². The molecule has 0 bridgehead atoms. The molecule has 1 unspecified atom stereocenters. The Morgan fingerprint density at radius 3 is 1.11 bits per heavy atom. The first-order valence-corrected chi connectivity index (χ1v) is 30.6. The van der Waals surface area contributed by atoms with Crippen LogP contribution in [-0.2, 0) is 56.6 Å². The van der Waals surface area contributed by atoms with Crippen molar-refractivity contribution >= 4 is 49.5 Å². The first-order chi connectivity index (χ1) is 37.0. The van der Waals surface area contributed by atoms with Gasteiger partial charge in [-0.2, -0.15) is 0 Å². The fraction of sp³-hybridized carbons (Fsp3) is 0.873. The Bertz CT molecular complexity index is 1610. The molecule has 471 valence electrons. The van der Waals surface area contributed by atoms with Crippen molar-refractivity contribution in [2.75, 3.05) is 85.3 Å². The first-order valence-electron chi connectivity index (χ1n) is 29.1. The molecule has 9 N–H and O–H groups in total. The van der Waals surface area contributed by atoms with Crippen LogP contribution < -0.4 is 42.9 Å². The molecule has 0 aliphatic rings. The van der Waals surface area contributed by atoms with Crippen LogP contribution in [0.5, 0.6) is 0 Å². The monoisotopic (exact) mass is 1310 g/mol. The Balaban J connectivity index is -0.00000963. The largest absolute Gasteiger partial charge is 3.00 e. The summed E-state index contributed by atoms with van der Waals surface area (Å²) in [5.41, 5.74) is 0. The van der Waals surface area contributed by atoms with Crippen LogP contribution in [0.2, 0.25) is 0 Å². The number of esters is 2. The third-order valence-electron chi connectivity index (χ3n) is 13.0. The predicted octanol–water partition coefficient (Wildman–Crippen LogP) is 4.24. The third kappa shape index (κ3) is 58.7. The first kappa shape index (κ1) is 84.0. The Labute approximate surface area is 511 Å². The number of ether oxygens (including phenoxy) is 2. The quantitative estimate of drug-likeness (QED) is 0.0435. The van der Waals surface area contributed by atoms with E-state index in [9.17, 15) is 63.4 Å². The second-order valence-corrected chi connectivity index (χ2v) is 21.7. The van der Waals surface area contributed by atoms with E-state index in [-0.39, 0.29) is 97.8 Å². The predicted molar refractivity (Wildman–Crippen MR) is 294 cm³/mol. The minimum absolute atomic E-state index is 0. The summed E-state index contributed by atoms with van der Waals surface area (Å²) in [7, 11) is -5.07. The van der Waals surface area contributed by atoms with E-state index >= 15 is 0 Å². The van der Waals surface area contributed by atoms with Gasteiger partial charge in [0.2, 0.25) is 5.91 Å². The summed E-state index contributed by atoms with van der Waals surface area (Å²) in [6, 6.07) is 0. The Morgan fingerprint density at radius 2 is 0.750 bits per heavy atom. The van der Waals surface area contributed by atoms with E-state index in [0.717, 1.165) is 61.2 Å². The molecule has 0 fully saturated rings. The molecule has 0 aliphatic heterocycles. The van der Waals surface area contributed by atoms with Gasteiger partial charge in [-0.05, 0) is 12.8 Å². The van der Waals surface area contributed by atoms with Gasteiger partial charge in [-0.25, -0.2) is 0 Å². The molecule has 1 radical (unpaired) electrons. The van der Waals surface area contributed by atoms with Crippen molar-refractivity contribution in [1.82, 2.24) is 32.3 Å². The van der Waals surface area contributed by atoms with E-state index in [0.29, 0.717) is 12.8 Å². The number of carbonyl (C=O) groups is 7. The molecule has 0 aromatic heterocycles. The van der Waals surface area contributed by atoms with Gasteiger partial charge < -0.3 is 80.6 Å². The molecule has 0 aliphatic carbocycles. The summed E-state index contributed by atoms with van der Waals surface area (Å²) >= 11 is 0. The van der Waals surface area contributed by atoms with E-state index in [1.165, 1.54) is 133 Å². The van der Waals surface area contributed by atoms with E-state index in [2.05, 4.69) is 19.2 Å². The van der Waals surface area contributed by atoms with Gasteiger partial charge in [-0.1, -0.05) is 194 Å². The molecular formula is C55H106GdN6O17P. The summed E-state index contributed by atoms with van der Waals surface area (Å²) in [6.07, 6.45) is 34.2. The van der Waals surface area contributed by atoms with Gasteiger partial charge in [0.25, 0.3) is 7.82 Å². The number of hydrogen-bond acceptors (Lipinski definition) is 20. The van der Waals surface area contributed by atoms with Gasteiger partial charge in [0.1, 0.15) is 6.61 Å². The van der Waals surface area contributed by atoms with Crippen LogP contribution in [0, 0.1) is 39.9 Å². The van der Waals surface area contributed by atoms with Crippen molar-refractivity contribution in [3.8, 4) is 0 Å². The second kappa shape index (κ2) is 58.3. The molecule has 1 amide bonds. The number of carboxylic acids is 4. The van der Waals surface area contributed by atoms with E-state index in [1.54, 1.807) is 0 Å². The Morgan fingerprint density at radius 1 is 0.438 bits per heavy atom. The number of carboxylic acid groups (broad SMARTS) is 4. The summed E-state index contributed by atoms with van der Waals surface area (Å²) in [5.74, 6) is -8.15. The number of amides is 1. The minimum atomic E-state index is -5.07. The number of phosphoric ester groups is 1. The van der Waals surface area contributed by atoms with Gasteiger partial charge in [-0.15, -0.1) is 0 Å². The molecule has 2 atom stereocenters. The maximum Gasteiger partial charge on any atom is 3.00 e. The molecule has 0 rings (SSSR count). The second-order valence-electron chi connectivity index (χ2n) is 20.3. The average Bonchev–Trinajstić information content (AvgIpc) is 3.36. The molecule has 0 saturated heterocycles. The normalized spacial score (nSPS) is 12.2. The number of carbonyl (C=O) groups excluding carboxylic acids is 7. The van der Waals surface area contributed by atoms with Crippen LogP contribution in [0.4, 0.5) is 0 Å². The molecule has 0 saturated carbocycles. The Hall–Kier alpha value is -2.48. The topological polar surface area (TPSA) is 384 Å². The van der Waals surface area contributed by atoms with Crippen LogP contribution in [0.15, 0.2) is 0 Å². The molecule has 0 aromatic rings. The zero-order valence-electron chi connectivity index (χ0n) is 49.5. The SMILES string of the molecule is CCCCCCCCCCCCCCCCCC(=O)OC[C@H](COP(=O)([O-])OCCNC(=O)CN(CCN(CCN(CC(=O)[O-])CC(=O)[O-])CC(=O)[O-])CC(=O)[O-])OC(=O)CCCCCCCCCCCCCCCCC.[Gd+3].[NH4+].[NH4+]. The fourth-order valence-electron chi connectivity index (χ4n) is 8.71. The van der Waals surface area contributed by atoms with Crippen LogP contribution in [0.1, 0.15) is 219 Å². The molecule has 0 aromatic carbocycles. The standard InChI is InChI=1S/C55H103N4O17P.Gd.2H3N/c1-3-5-7-9-11-13-15-17-19-21-23-25-27-29-31-33-54(69)73-46-48(76-55(70)34-32-30-28-26-24-22-20-18-16-14-12-10-8-6-4-2)47-75-77(71,72)74-40-35-56-49(60)41-58(43-51(63)64)38-36-57(42-50(61)62)37-39-59(44-52(65)66)45-53(67)68;;;/h48H,3-47H2,1-2H3,(H,56,60)(H,61,62)(H,63,64)(H,65,66)(H,67,68)(H,71,72);;2*1H3/q;+3;;/p-3/t48-;;;/m1.../s1. The number of quaternary nitrogens is 2. The fourth-order valence-corrected chi connectivity index (χ4v) is 9.45. The van der Waals surface area contributed by atoms with Gasteiger partial charge >= 0.3 is 51.9 Å². The van der Waals surface area contributed by atoms with Crippen LogP contribution in [-0.4, -0.2) is 148 Å². The molecule has 80 heavy (non-hydrogen) atoms. The van der Waals surface area contributed by atoms with Gasteiger partial charge in [-0.3, -0.25) is 33.6 Å². The van der Waals surface area contributed by atoms with Gasteiger partial charge in [0.15, 0.2) is 6.10 Å². The maximum atomic E-state index is 12.9. The van der Waals surface area contributed by atoms with Gasteiger partial charge in [0.05, 0.1) is 43.6 Å². The number of nitrogens with one attached hydrogen (secondary N) is 1. The van der Waals surface area contributed by atoms with Crippen molar-refractivity contribution < 1.29 is 122 Å². The number of unbranched alkanes of at least 4 members (excludes halogenated alkanes) is 28. The number of nitrogens with zero attached hydrogens (tertiary/aromatic N) is 3. The Kier molecular flexibility index (Phi) is 61.2. The van der Waals surface area contributed by atoms with Crippen LogP contribution >= 0.6 is 7.82 Å². The summed E-state index contributed by atoms with van der Waals surface area (Å²) < 4.78 is 33.6. The number of hydrogen-bond donors (Lipinski definition) is 3. The van der Waals surface area contributed by atoms with E-state index in [1.807, 2.05) is 0 Å².